The molecule has 1 aromatic carbocycles. The van der Waals surface area contributed by atoms with E-state index in [2.05, 4.69) is 37.9 Å². The van der Waals surface area contributed by atoms with Gasteiger partial charge in [-0.15, -0.1) is 0 Å². The van der Waals surface area contributed by atoms with Crippen LogP contribution < -0.4 is 10.2 Å². The quantitative estimate of drug-likeness (QED) is 0.898. The molecule has 1 aromatic rings. The number of hydrogen-bond acceptors (Lipinski definition) is 2. The van der Waals surface area contributed by atoms with Gasteiger partial charge in [0, 0.05) is 30.9 Å². The fraction of sp³-hybridized carbons (Fsp3) is 0.625. The summed E-state index contributed by atoms with van der Waals surface area (Å²) in [6.45, 7) is 11.5. The van der Waals surface area contributed by atoms with Gasteiger partial charge in [0.2, 0.25) is 0 Å². The predicted octanol–water partition coefficient (Wildman–Crippen LogP) is 3.56. The summed E-state index contributed by atoms with van der Waals surface area (Å²) < 4.78 is 13.5. The largest absolute Gasteiger partial charge is 0.371 e. The molecule has 1 unspecified atom stereocenters. The van der Waals surface area contributed by atoms with Gasteiger partial charge in [-0.1, -0.05) is 6.92 Å². The lowest BCUT2D eigenvalue weighted by Crippen LogP contribution is -2.35. The molecule has 106 valence electrons. The Morgan fingerprint density at radius 2 is 2.11 bits per heavy atom. The van der Waals surface area contributed by atoms with Crippen LogP contribution in [-0.4, -0.2) is 18.6 Å². The van der Waals surface area contributed by atoms with Crippen molar-refractivity contribution < 1.29 is 4.39 Å². The number of nitrogens with one attached hydrogen (secondary N) is 1. The van der Waals surface area contributed by atoms with Gasteiger partial charge in [-0.2, -0.15) is 0 Å². The van der Waals surface area contributed by atoms with Crippen LogP contribution in [0.3, 0.4) is 0 Å². The van der Waals surface area contributed by atoms with Crippen molar-refractivity contribution in [1.29, 1.82) is 0 Å². The smallest absolute Gasteiger partial charge is 0.123 e. The van der Waals surface area contributed by atoms with Crippen molar-refractivity contribution in [1.82, 2.24) is 5.32 Å². The van der Waals surface area contributed by atoms with Crippen molar-refractivity contribution in [2.75, 3.05) is 18.0 Å². The minimum absolute atomic E-state index is 0.0435. The summed E-state index contributed by atoms with van der Waals surface area (Å²) in [4.78, 5) is 2.38. The minimum atomic E-state index is -0.151. The third kappa shape index (κ3) is 3.93. The minimum Gasteiger partial charge on any atom is -0.371 e. The molecule has 2 rings (SSSR count). The Balaban J connectivity index is 2.18. The van der Waals surface area contributed by atoms with E-state index in [-0.39, 0.29) is 11.4 Å². The molecule has 0 radical (unpaired) electrons. The van der Waals surface area contributed by atoms with E-state index in [1.807, 2.05) is 6.07 Å². The summed E-state index contributed by atoms with van der Waals surface area (Å²) >= 11 is 0. The molecule has 0 amide bonds. The average Bonchev–Trinajstić information content (AvgIpc) is 2.72. The second-order valence-electron chi connectivity index (χ2n) is 6.72. The summed E-state index contributed by atoms with van der Waals surface area (Å²) in [6.07, 6.45) is 1.23. The molecule has 0 spiro atoms. The first kappa shape index (κ1) is 14.3. The topological polar surface area (TPSA) is 15.3 Å². The zero-order valence-corrected chi connectivity index (χ0v) is 12.5. The highest BCUT2D eigenvalue weighted by Gasteiger charge is 2.21. The number of rotatable bonds is 3. The summed E-state index contributed by atoms with van der Waals surface area (Å²) in [5.41, 5.74) is 2.29. The Hall–Kier alpha value is -1.09. The van der Waals surface area contributed by atoms with Crippen molar-refractivity contribution in [3.63, 3.8) is 0 Å². The summed E-state index contributed by atoms with van der Waals surface area (Å²) in [5.74, 6) is 0.579. The van der Waals surface area contributed by atoms with E-state index in [9.17, 15) is 4.39 Å². The number of benzene rings is 1. The molecular weight excluding hydrogens is 239 g/mol. The van der Waals surface area contributed by atoms with Crippen molar-refractivity contribution in [3.05, 3.63) is 29.6 Å². The lowest BCUT2D eigenvalue weighted by Gasteiger charge is -2.25. The van der Waals surface area contributed by atoms with E-state index in [0.717, 1.165) is 24.6 Å². The van der Waals surface area contributed by atoms with Crippen LogP contribution in [0.5, 0.6) is 0 Å². The van der Waals surface area contributed by atoms with Gasteiger partial charge in [0.15, 0.2) is 0 Å². The second-order valence-corrected chi connectivity index (χ2v) is 6.72. The molecule has 0 aliphatic carbocycles. The van der Waals surface area contributed by atoms with Crippen LogP contribution in [0.25, 0.3) is 0 Å². The highest BCUT2D eigenvalue weighted by Crippen LogP contribution is 2.28. The van der Waals surface area contributed by atoms with Gasteiger partial charge < -0.3 is 10.2 Å². The zero-order valence-electron chi connectivity index (χ0n) is 12.5. The summed E-state index contributed by atoms with van der Waals surface area (Å²) in [6, 6.07) is 5.16. The number of nitrogens with zero attached hydrogens (tertiary/aromatic N) is 1. The summed E-state index contributed by atoms with van der Waals surface area (Å²) in [7, 11) is 0. The second kappa shape index (κ2) is 5.49. The molecule has 1 N–H and O–H groups in total. The van der Waals surface area contributed by atoms with Crippen molar-refractivity contribution >= 4 is 5.69 Å². The highest BCUT2D eigenvalue weighted by molar-refractivity contribution is 5.54. The van der Waals surface area contributed by atoms with E-state index >= 15 is 0 Å². The first-order valence-corrected chi connectivity index (χ1v) is 7.13. The average molecular weight is 264 g/mol. The molecule has 19 heavy (non-hydrogen) atoms. The normalized spacial score (nSPS) is 20.1. The molecule has 3 heteroatoms. The maximum atomic E-state index is 13.5. The Morgan fingerprint density at radius 1 is 1.37 bits per heavy atom. The van der Waals surface area contributed by atoms with Gasteiger partial charge in [-0.05, 0) is 56.9 Å². The predicted molar refractivity (Wildman–Crippen MR) is 79.0 cm³/mol. The number of halogens is 1. The van der Waals surface area contributed by atoms with Crippen molar-refractivity contribution in [2.45, 2.75) is 46.2 Å². The van der Waals surface area contributed by atoms with Gasteiger partial charge in [-0.3, -0.25) is 0 Å². The molecule has 1 heterocycles. The van der Waals surface area contributed by atoms with Crippen LogP contribution in [0.1, 0.15) is 39.7 Å². The highest BCUT2D eigenvalue weighted by atomic mass is 19.1. The zero-order chi connectivity index (χ0) is 14.0. The first-order chi connectivity index (χ1) is 8.85. The van der Waals surface area contributed by atoms with Crippen LogP contribution in [0.4, 0.5) is 10.1 Å². The van der Waals surface area contributed by atoms with Gasteiger partial charge in [0.05, 0.1) is 0 Å². The van der Waals surface area contributed by atoms with Gasteiger partial charge >= 0.3 is 0 Å². The lowest BCUT2D eigenvalue weighted by molar-refractivity contribution is 0.423. The third-order valence-corrected chi connectivity index (χ3v) is 3.62. The van der Waals surface area contributed by atoms with E-state index in [1.54, 1.807) is 12.1 Å². The van der Waals surface area contributed by atoms with Crippen LogP contribution in [-0.2, 0) is 6.54 Å². The molecule has 0 aromatic heterocycles. The van der Waals surface area contributed by atoms with E-state index in [4.69, 9.17) is 0 Å². The monoisotopic (exact) mass is 264 g/mol. The van der Waals surface area contributed by atoms with Crippen LogP contribution in [0.2, 0.25) is 0 Å². The molecule has 2 nitrogen and oxygen atoms in total. The molecule has 0 saturated carbocycles. The van der Waals surface area contributed by atoms with Crippen LogP contribution in [0, 0.1) is 11.7 Å². The van der Waals surface area contributed by atoms with Crippen molar-refractivity contribution in [2.24, 2.45) is 5.92 Å². The van der Waals surface area contributed by atoms with E-state index in [0.29, 0.717) is 6.54 Å². The standard InChI is InChI=1S/C16H25FN2/c1-12-7-8-19(11-12)15-6-5-14(17)9-13(15)10-18-16(2,3)4/h5-6,9,12,18H,7-8,10-11H2,1-4H3. The van der Waals surface area contributed by atoms with Crippen LogP contribution in [0.15, 0.2) is 18.2 Å². The molecule has 1 aliphatic heterocycles. The Morgan fingerprint density at radius 3 is 2.68 bits per heavy atom. The molecule has 1 aliphatic rings. The van der Waals surface area contributed by atoms with Gasteiger partial charge in [-0.25, -0.2) is 4.39 Å². The SMILES string of the molecule is CC1CCN(c2ccc(F)cc2CNC(C)(C)C)C1. The Labute approximate surface area is 116 Å². The Kier molecular flexibility index (Phi) is 4.14. The maximum Gasteiger partial charge on any atom is 0.123 e. The van der Waals surface area contributed by atoms with Crippen molar-refractivity contribution in [3.8, 4) is 0 Å². The third-order valence-electron chi connectivity index (χ3n) is 3.62. The Bertz CT molecular complexity index is 437. The van der Waals surface area contributed by atoms with Gasteiger partial charge in [0.25, 0.3) is 0 Å². The molecule has 1 fully saturated rings. The lowest BCUT2D eigenvalue weighted by atomic mass is 10.1. The molecule has 1 saturated heterocycles. The molecule has 1 atom stereocenters. The first-order valence-electron chi connectivity index (χ1n) is 7.13. The van der Waals surface area contributed by atoms with Gasteiger partial charge in [0.1, 0.15) is 5.82 Å². The van der Waals surface area contributed by atoms with Crippen LogP contribution >= 0.6 is 0 Å². The number of hydrogen-bond donors (Lipinski definition) is 1. The molecular formula is C16H25FN2. The van der Waals surface area contributed by atoms with E-state index < -0.39 is 0 Å². The summed E-state index contributed by atoms with van der Waals surface area (Å²) in [5, 5.41) is 3.45. The maximum absolute atomic E-state index is 13.5. The van der Waals surface area contributed by atoms with E-state index in [1.165, 1.54) is 12.1 Å². The molecule has 0 bridgehead atoms. The fourth-order valence-electron chi connectivity index (χ4n) is 2.52. The number of anilines is 1. The fourth-order valence-corrected chi connectivity index (χ4v) is 2.52.